The SMILES string of the molecule is C=CCC(CC(=O)N(CCO)Cc1ccccc1)C(=O)NCC(OC(=O)C(CC=C)NC(=O)OCc1ccccc1)c1ccccc1. The lowest BCUT2D eigenvalue weighted by molar-refractivity contribution is -0.152. The molecule has 0 spiro atoms. The molecule has 47 heavy (non-hydrogen) atoms. The fourth-order valence-corrected chi connectivity index (χ4v) is 4.78. The number of amides is 3. The van der Waals surface area contributed by atoms with Crippen LogP contribution in [0.15, 0.2) is 116 Å². The number of alkyl carbamates (subject to hydrolysis) is 1. The molecule has 3 amide bonds. The Labute approximate surface area is 276 Å². The van der Waals surface area contributed by atoms with Gasteiger partial charge in [-0.2, -0.15) is 0 Å². The molecule has 0 heterocycles. The second-order valence-electron chi connectivity index (χ2n) is 10.8. The zero-order valence-corrected chi connectivity index (χ0v) is 26.5. The Balaban J connectivity index is 1.66. The molecule has 0 fully saturated rings. The summed E-state index contributed by atoms with van der Waals surface area (Å²) < 4.78 is 11.1. The van der Waals surface area contributed by atoms with Crippen molar-refractivity contribution < 1.29 is 33.8 Å². The molecule has 0 radical (unpaired) electrons. The van der Waals surface area contributed by atoms with Gasteiger partial charge in [0.1, 0.15) is 18.8 Å². The number of hydrogen-bond donors (Lipinski definition) is 3. The second-order valence-corrected chi connectivity index (χ2v) is 10.8. The van der Waals surface area contributed by atoms with Crippen molar-refractivity contribution in [1.29, 1.82) is 0 Å². The maximum Gasteiger partial charge on any atom is 0.408 e. The van der Waals surface area contributed by atoms with Crippen molar-refractivity contribution in [3.63, 3.8) is 0 Å². The van der Waals surface area contributed by atoms with Gasteiger partial charge in [0.2, 0.25) is 11.8 Å². The van der Waals surface area contributed by atoms with Crippen molar-refractivity contribution in [2.24, 2.45) is 5.92 Å². The van der Waals surface area contributed by atoms with Crippen LogP contribution in [-0.2, 0) is 37.0 Å². The van der Waals surface area contributed by atoms with Crippen molar-refractivity contribution in [3.8, 4) is 0 Å². The standard InChI is InChI=1S/C37H43N3O7/c1-3-14-31(24-34(42)40(22-23-41)26-28-16-8-5-9-17-28)35(43)38-25-33(30-20-12-7-13-21-30)47-36(44)32(15-4-2)39-37(45)46-27-29-18-10-6-11-19-29/h3-13,16-21,31-33,41H,1-2,14-15,22-27H2,(H,38,43)(H,39,45). The normalized spacial score (nSPS) is 12.4. The predicted octanol–water partition coefficient (Wildman–Crippen LogP) is 4.86. The molecule has 0 saturated carbocycles. The number of hydrogen-bond acceptors (Lipinski definition) is 7. The molecule has 10 heteroatoms. The van der Waals surface area contributed by atoms with Gasteiger partial charge in [0.15, 0.2) is 0 Å². The summed E-state index contributed by atoms with van der Waals surface area (Å²) in [5.74, 6) is -2.17. The number of esters is 1. The summed E-state index contributed by atoms with van der Waals surface area (Å²) in [7, 11) is 0. The molecule has 3 rings (SSSR count). The van der Waals surface area contributed by atoms with Crippen LogP contribution in [0, 0.1) is 5.92 Å². The van der Waals surface area contributed by atoms with Gasteiger partial charge >= 0.3 is 12.1 Å². The summed E-state index contributed by atoms with van der Waals surface area (Å²) in [5, 5.41) is 14.9. The highest BCUT2D eigenvalue weighted by Gasteiger charge is 2.28. The smallest absolute Gasteiger partial charge is 0.408 e. The third-order valence-electron chi connectivity index (χ3n) is 7.27. The summed E-state index contributed by atoms with van der Waals surface area (Å²) in [6.45, 7) is 7.58. The van der Waals surface area contributed by atoms with Crippen molar-refractivity contribution in [3.05, 3.63) is 133 Å². The molecular formula is C37H43N3O7. The van der Waals surface area contributed by atoms with Gasteiger partial charge in [0.05, 0.1) is 19.1 Å². The molecule has 248 valence electrons. The van der Waals surface area contributed by atoms with Crippen LogP contribution in [0.4, 0.5) is 4.79 Å². The van der Waals surface area contributed by atoms with Crippen LogP contribution in [-0.4, -0.2) is 59.6 Å². The van der Waals surface area contributed by atoms with E-state index in [0.717, 1.165) is 11.1 Å². The van der Waals surface area contributed by atoms with E-state index in [2.05, 4.69) is 23.8 Å². The topological polar surface area (TPSA) is 134 Å². The van der Waals surface area contributed by atoms with Crippen molar-refractivity contribution in [2.75, 3.05) is 19.7 Å². The first-order valence-electron chi connectivity index (χ1n) is 15.5. The molecule has 0 aliphatic carbocycles. The number of benzene rings is 3. The zero-order chi connectivity index (χ0) is 33.9. The predicted molar refractivity (Wildman–Crippen MR) is 179 cm³/mol. The van der Waals surface area contributed by atoms with E-state index < -0.39 is 36.0 Å². The van der Waals surface area contributed by atoms with E-state index in [0.29, 0.717) is 12.1 Å². The van der Waals surface area contributed by atoms with E-state index in [4.69, 9.17) is 9.47 Å². The van der Waals surface area contributed by atoms with Gasteiger partial charge in [-0.15, -0.1) is 13.2 Å². The van der Waals surface area contributed by atoms with Crippen LogP contribution in [0.1, 0.15) is 42.1 Å². The quantitative estimate of drug-likeness (QED) is 0.126. The molecule has 0 aromatic heterocycles. The lowest BCUT2D eigenvalue weighted by atomic mass is 9.98. The van der Waals surface area contributed by atoms with Gasteiger partial charge in [-0.1, -0.05) is 103 Å². The van der Waals surface area contributed by atoms with Gasteiger partial charge in [0.25, 0.3) is 0 Å². The summed E-state index contributed by atoms with van der Waals surface area (Å²) in [4.78, 5) is 54.0. The van der Waals surface area contributed by atoms with Gasteiger partial charge in [0, 0.05) is 19.5 Å². The summed E-state index contributed by atoms with van der Waals surface area (Å²) in [6, 6.07) is 26.3. The van der Waals surface area contributed by atoms with E-state index in [1.165, 1.54) is 11.0 Å². The van der Waals surface area contributed by atoms with Crippen molar-refractivity contribution in [2.45, 2.75) is 44.6 Å². The molecule has 3 aromatic carbocycles. The summed E-state index contributed by atoms with van der Waals surface area (Å²) >= 11 is 0. The van der Waals surface area contributed by atoms with Crippen LogP contribution in [0.3, 0.4) is 0 Å². The number of nitrogens with zero attached hydrogens (tertiary/aromatic N) is 1. The molecule has 3 N–H and O–H groups in total. The third-order valence-corrected chi connectivity index (χ3v) is 7.27. The minimum absolute atomic E-state index is 0.0274. The Hall–Kier alpha value is -5.22. The maximum atomic E-state index is 13.4. The minimum Gasteiger partial charge on any atom is -0.454 e. The molecule has 3 unspecified atom stereocenters. The van der Waals surface area contributed by atoms with Crippen LogP contribution in [0.5, 0.6) is 0 Å². The number of carbonyl (C=O) groups is 4. The van der Waals surface area contributed by atoms with Gasteiger partial charge in [-0.3, -0.25) is 9.59 Å². The summed E-state index contributed by atoms with van der Waals surface area (Å²) in [6.07, 6.45) is 1.59. The van der Waals surface area contributed by atoms with Crippen LogP contribution in [0.2, 0.25) is 0 Å². The highest BCUT2D eigenvalue weighted by molar-refractivity contribution is 5.86. The van der Waals surface area contributed by atoms with Gasteiger partial charge in [-0.05, 0) is 29.5 Å². The minimum atomic E-state index is -1.08. The number of carbonyl (C=O) groups excluding carboxylic acids is 4. The lowest BCUT2D eigenvalue weighted by Crippen LogP contribution is -2.43. The zero-order valence-electron chi connectivity index (χ0n) is 26.5. The molecule has 0 aliphatic heterocycles. The first-order valence-corrected chi connectivity index (χ1v) is 15.5. The Morgan fingerprint density at radius 3 is 2.02 bits per heavy atom. The highest BCUT2D eigenvalue weighted by atomic mass is 16.6. The fraction of sp³-hybridized carbons (Fsp3) is 0.297. The molecular weight excluding hydrogens is 598 g/mol. The largest absolute Gasteiger partial charge is 0.454 e. The van der Waals surface area contributed by atoms with E-state index >= 15 is 0 Å². The average Bonchev–Trinajstić information content (AvgIpc) is 3.09. The fourth-order valence-electron chi connectivity index (χ4n) is 4.78. The van der Waals surface area contributed by atoms with E-state index in [1.807, 2.05) is 66.7 Å². The molecule has 3 aromatic rings. The lowest BCUT2D eigenvalue weighted by Gasteiger charge is -2.25. The Kier molecular flexibility index (Phi) is 15.4. The average molecular weight is 642 g/mol. The Morgan fingerprint density at radius 1 is 0.830 bits per heavy atom. The highest BCUT2D eigenvalue weighted by Crippen LogP contribution is 2.20. The molecule has 0 saturated heterocycles. The number of allylic oxidation sites excluding steroid dienone is 1. The van der Waals surface area contributed by atoms with Gasteiger partial charge < -0.3 is 30.1 Å². The first kappa shape index (κ1) is 36.3. The van der Waals surface area contributed by atoms with Gasteiger partial charge in [-0.25, -0.2) is 9.59 Å². The molecule has 10 nitrogen and oxygen atoms in total. The Morgan fingerprint density at radius 2 is 1.43 bits per heavy atom. The van der Waals surface area contributed by atoms with E-state index in [-0.39, 0.29) is 51.5 Å². The van der Waals surface area contributed by atoms with Crippen LogP contribution in [0.25, 0.3) is 0 Å². The van der Waals surface area contributed by atoms with Crippen molar-refractivity contribution in [1.82, 2.24) is 15.5 Å². The Bertz CT molecular complexity index is 1430. The number of nitrogens with one attached hydrogen (secondary N) is 2. The van der Waals surface area contributed by atoms with Crippen LogP contribution >= 0.6 is 0 Å². The molecule has 0 aliphatic rings. The molecule has 3 atom stereocenters. The number of aliphatic hydroxyl groups is 1. The molecule has 0 bridgehead atoms. The number of aliphatic hydroxyl groups excluding tert-OH is 1. The van der Waals surface area contributed by atoms with E-state index in [9.17, 15) is 24.3 Å². The van der Waals surface area contributed by atoms with Crippen LogP contribution < -0.4 is 10.6 Å². The van der Waals surface area contributed by atoms with Crippen molar-refractivity contribution >= 4 is 23.9 Å². The monoisotopic (exact) mass is 641 g/mol. The third kappa shape index (κ3) is 12.6. The second kappa shape index (κ2) is 20.0. The number of ether oxygens (including phenoxy) is 2. The first-order chi connectivity index (χ1) is 22.8. The summed E-state index contributed by atoms with van der Waals surface area (Å²) in [5.41, 5.74) is 2.32. The number of rotatable bonds is 19. The van der Waals surface area contributed by atoms with E-state index in [1.54, 1.807) is 30.3 Å². The maximum absolute atomic E-state index is 13.4.